The molecule has 4 aromatic heterocycles. The van der Waals surface area contributed by atoms with Crippen molar-refractivity contribution < 1.29 is 17.9 Å². The first kappa shape index (κ1) is 30.2. The Bertz CT molecular complexity index is 1600. The van der Waals surface area contributed by atoms with Crippen molar-refractivity contribution in [3.63, 3.8) is 0 Å². The fraction of sp³-hybridized carbons (Fsp3) is 0.259. The summed E-state index contributed by atoms with van der Waals surface area (Å²) in [4.78, 5) is 24.8. The fourth-order valence-corrected chi connectivity index (χ4v) is 3.73. The standard InChI is InChI=1S/C23H15ClF3N7O2.2C2H6/c1-36-21-29-9-15(10-30-21)19-17(14-3-5-16(24)6-4-14)11-31-34-20(19)32-33(22(34)35)12-13-2-7-18(28-8-13)23(25,26)27;2*1-2/h2-11H,12H2,1H3;2*1-2H3. The van der Waals surface area contributed by atoms with E-state index in [1.807, 2.05) is 27.7 Å². The van der Waals surface area contributed by atoms with E-state index in [1.165, 1.54) is 31.8 Å². The van der Waals surface area contributed by atoms with Crippen LogP contribution >= 0.6 is 11.6 Å². The Hall–Kier alpha value is -4.32. The number of fused-ring (bicyclic) bond motifs is 1. The molecule has 0 radical (unpaired) electrons. The van der Waals surface area contributed by atoms with Gasteiger partial charge in [0, 0.05) is 40.3 Å². The number of hydrogen-bond donors (Lipinski definition) is 0. The summed E-state index contributed by atoms with van der Waals surface area (Å²) in [5.41, 5.74) is 1.43. The number of aromatic nitrogens is 7. The smallest absolute Gasteiger partial charge is 0.433 e. The molecule has 0 bridgehead atoms. The summed E-state index contributed by atoms with van der Waals surface area (Å²) < 4.78 is 45.8. The number of alkyl halides is 3. The lowest BCUT2D eigenvalue weighted by molar-refractivity contribution is -0.141. The first-order valence-electron chi connectivity index (χ1n) is 12.4. The van der Waals surface area contributed by atoms with Gasteiger partial charge < -0.3 is 4.74 Å². The van der Waals surface area contributed by atoms with Gasteiger partial charge in [-0.1, -0.05) is 57.5 Å². The number of ether oxygens (including phenoxy) is 1. The zero-order chi connectivity index (χ0) is 29.4. The van der Waals surface area contributed by atoms with Gasteiger partial charge in [0.25, 0.3) is 0 Å². The van der Waals surface area contributed by atoms with Crippen LogP contribution in [0.2, 0.25) is 5.02 Å². The summed E-state index contributed by atoms with van der Waals surface area (Å²) in [6.07, 6.45) is 1.08. The Kier molecular flexibility index (Phi) is 9.94. The number of nitrogens with zero attached hydrogens (tertiary/aromatic N) is 7. The van der Waals surface area contributed by atoms with E-state index in [0.29, 0.717) is 27.3 Å². The first-order valence-corrected chi connectivity index (χ1v) is 12.8. The quantitative estimate of drug-likeness (QED) is 0.247. The van der Waals surface area contributed by atoms with Crippen LogP contribution in [0.3, 0.4) is 0 Å². The predicted molar refractivity (Wildman–Crippen MR) is 146 cm³/mol. The minimum Gasteiger partial charge on any atom is -0.467 e. The maximum atomic E-state index is 13.1. The highest BCUT2D eigenvalue weighted by atomic mass is 35.5. The first-order chi connectivity index (χ1) is 19.2. The van der Waals surface area contributed by atoms with Gasteiger partial charge in [0.2, 0.25) is 0 Å². The van der Waals surface area contributed by atoms with E-state index in [1.54, 1.807) is 24.3 Å². The second-order valence-corrected chi connectivity index (χ2v) is 8.06. The maximum Gasteiger partial charge on any atom is 0.433 e. The van der Waals surface area contributed by atoms with E-state index in [0.717, 1.165) is 27.0 Å². The van der Waals surface area contributed by atoms with Gasteiger partial charge in [-0.2, -0.15) is 22.8 Å². The van der Waals surface area contributed by atoms with Crippen molar-refractivity contribution in [1.82, 2.24) is 34.3 Å². The van der Waals surface area contributed by atoms with Crippen LogP contribution in [-0.4, -0.2) is 41.5 Å². The molecule has 0 saturated heterocycles. The lowest BCUT2D eigenvalue weighted by Crippen LogP contribution is -2.23. The number of methoxy groups -OCH3 is 1. The largest absolute Gasteiger partial charge is 0.467 e. The average Bonchev–Trinajstić information content (AvgIpc) is 3.29. The van der Waals surface area contributed by atoms with Crippen molar-refractivity contribution in [2.24, 2.45) is 0 Å². The van der Waals surface area contributed by atoms with Gasteiger partial charge in [-0.25, -0.2) is 19.4 Å². The molecule has 9 nitrogen and oxygen atoms in total. The molecule has 5 aromatic rings. The van der Waals surface area contributed by atoms with Crippen LogP contribution in [-0.2, 0) is 12.7 Å². The molecule has 0 N–H and O–H groups in total. The molecule has 0 spiro atoms. The van der Waals surface area contributed by atoms with Crippen LogP contribution < -0.4 is 10.4 Å². The van der Waals surface area contributed by atoms with Crippen molar-refractivity contribution in [1.29, 1.82) is 0 Å². The molecule has 210 valence electrons. The number of rotatable bonds is 5. The number of pyridine rings is 1. The Morgan fingerprint density at radius 1 is 0.875 bits per heavy atom. The molecule has 0 aliphatic heterocycles. The summed E-state index contributed by atoms with van der Waals surface area (Å²) >= 11 is 6.04. The van der Waals surface area contributed by atoms with E-state index in [4.69, 9.17) is 16.3 Å². The molecule has 40 heavy (non-hydrogen) atoms. The van der Waals surface area contributed by atoms with Crippen molar-refractivity contribution in [2.45, 2.75) is 40.4 Å². The van der Waals surface area contributed by atoms with Crippen LogP contribution in [0.5, 0.6) is 6.01 Å². The molecule has 0 atom stereocenters. The van der Waals surface area contributed by atoms with Crippen LogP contribution in [0.4, 0.5) is 13.2 Å². The number of hydrogen-bond acceptors (Lipinski definition) is 7. The molecule has 0 aliphatic rings. The fourth-order valence-electron chi connectivity index (χ4n) is 3.61. The molecule has 0 unspecified atom stereocenters. The van der Waals surface area contributed by atoms with Gasteiger partial charge in [0.05, 0.1) is 19.9 Å². The van der Waals surface area contributed by atoms with Gasteiger partial charge in [-0.05, 0) is 29.3 Å². The molecular weight excluding hydrogens is 547 g/mol. The van der Waals surface area contributed by atoms with E-state index in [2.05, 4.69) is 25.1 Å². The molecular formula is C27H27ClF3N7O2. The highest BCUT2D eigenvalue weighted by Gasteiger charge is 2.32. The second kappa shape index (κ2) is 13.2. The Morgan fingerprint density at radius 2 is 1.52 bits per heavy atom. The van der Waals surface area contributed by atoms with Crippen LogP contribution in [0.15, 0.2) is 66.0 Å². The summed E-state index contributed by atoms with van der Waals surface area (Å²) in [5, 5.41) is 9.26. The lowest BCUT2D eigenvalue weighted by Gasteiger charge is -2.10. The molecule has 5 rings (SSSR count). The average molecular weight is 574 g/mol. The van der Waals surface area contributed by atoms with Gasteiger partial charge in [-0.3, -0.25) is 4.98 Å². The maximum absolute atomic E-state index is 13.1. The van der Waals surface area contributed by atoms with Crippen LogP contribution in [0.25, 0.3) is 27.9 Å². The van der Waals surface area contributed by atoms with E-state index in [9.17, 15) is 18.0 Å². The predicted octanol–water partition coefficient (Wildman–Crippen LogP) is 6.19. The summed E-state index contributed by atoms with van der Waals surface area (Å²) in [6.45, 7) is 7.89. The summed E-state index contributed by atoms with van der Waals surface area (Å²) in [7, 11) is 1.44. The van der Waals surface area contributed by atoms with Crippen molar-refractivity contribution in [3.8, 4) is 28.3 Å². The monoisotopic (exact) mass is 573 g/mol. The minimum absolute atomic E-state index is 0.109. The van der Waals surface area contributed by atoms with E-state index < -0.39 is 17.6 Å². The third kappa shape index (κ3) is 6.45. The molecule has 0 saturated carbocycles. The Labute approximate surface area is 233 Å². The van der Waals surface area contributed by atoms with Gasteiger partial charge in [0.1, 0.15) is 5.69 Å². The normalized spacial score (nSPS) is 10.8. The topological polar surface area (TPSA) is 100 Å². The van der Waals surface area contributed by atoms with Crippen molar-refractivity contribution in [3.05, 3.63) is 87.9 Å². The Morgan fingerprint density at radius 3 is 2.08 bits per heavy atom. The second-order valence-electron chi connectivity index (χ2n) is 7.62. The third-order valence-electron chi connectivity index (χ3n) is 5.32. The van der Waals surface area contributed by atoms with Crippen molar-refractivity contribution in [2.75, 3.05) is 7.11 Å². The van der Waals surface area contributed by atoms with Gasteiger partial charge in [0.15, 0.2) is 5.65 Å². The van der Waals surface area contributed by atoms with Crippen LogP contribution in [0, 0.1) is 0 Å². The van der Waals surface area contributed by atoms with Gasteiger partial charge >= 0.3 is 17.9 Å². The van der Waals surface area contributed by atoms with E-state index in [-0.39, 0.29) is 18.2 Å². The Balaban J connectivity index is 0.00000106. The lowest BCUT2D eigenvalue weighted by atomic mass is 9.99. The van der Waals surface area contributed by atoms with E-state index >= 15 is 0 Å². The molecule has 4 heterocycles. The SMILES string of the molecule is CC.CC.COc1ncc(-c2c(-c3ccc(Cl)cc3)cnn3c(=O)n(Cc4ccc(C(F)(F)F)nc4)nc23)cn1. The number of halogens is 4. The molecule has 0 aliphatic carbocycles. The summed E-state index contributed by atoms with van der Waals surface area (Å²) in [6, 6.07) is 9.30. The summed E-state index contributed by atoms with van der Waals surface area (Å²) in [5.74, 6) is 0. The molecule has 1 aromatic carbocycles. The zero-order valence-corrected chi connectivity index (χ0v) is 23.2. The van der Waals surface area contributed by atoms with Gasteiger partial charge in [-0.15, -0.1) is 5.10 Å². The molecule has 0 fully saturated rings. The zero-order valence-electron chi connectivity index (χ0n) is 22.4. The highest BCUT2D eigenvalue weighted by Crippen LogP contribution is 2.34. The van der Waals surface area contributed by atoms with Crippen LogP contribution in [0.1, 0.15) is 39.0 Å². The third-order valence-corrected chi connectivity index (χ3v) is 5.57. The molecule has 13 heteroatoms. The minimum atomic E-state index is -4.56. The van der Waals surface area contributed by atoms with Crippen molar-refractivity contribution >= 4 is 17.2 Å². The highest BCUT2D eigenvalue weighted by molar-refractivity contribution is 6.30. The number of benzene rings is 1. The molecule has 0 amide bonds.